The van der Waals surface area contributed by atoms with Crippen molar-refractivity contribution in [2.75, 3.05) is 0 Å². The molecule has 10 aromatic carbocycles. The summed E-state index contributed by atoms with van der Waals surface area (Å²) in [5, 5.41) is 12.3. The van der Waals surface area contributed by atoms with E-state index in [2.05, 4.69) is 182 Å². The average Bonchev–Trinajstić information content (AvgIpc) is 3.60. The van der Waals surface area contributed by atoms with E-state index in [0.717, 1.165) is 21.9 Å². The van der Waals surface area contributed by atoms with Crippen LogP contribution in [0.2, 0.25) is 0 Å². The molecule has 0 N–H and O–H groups in total. The number of para-hydroxylation sites is 1. The maximum atomic E-state index is 6.14. The number of hydrogen-bond donors (Lipinski definition) is 0. The van der Waals surface area contributed by atoms with Crippen LogP contribution in [0.15, 0.2) is 199 Å². The third-order valence-electron chi connectivity index (χ3n) is 11.1. The number of benzene rings is 10. The van der Waals surface area contributed by atoms with Gasteiger partial charge in [0.15, 0.2) is 0 Å². The molecule has 53 heavy (non-hydrogen) atoms. The van der Waals surface area contributed by atoms with E-state index in [9.17, 15) is 0 Å². The zero-order valence-electron chi connectivity index (χ0n) is 28.9. The first-order valence-electron chi connectivity index (χ1n) is 18.3. The van der Waals surface area contributed by atoms with Crippen molar-refractivity contribution in [2.24, 2.45) is 0 Å². The highest BCUT2D eigenvalue weighted by molar-refractivity contribution is 6.22. The number of hydrogen-bond acceptors (Lipinski definition) is 1. The van der Waals surface area contributed by atoms with Crippen molar-refractivity contribution < 1.29 is 4.42 Å². The summed E-state index contributed by atoms with van der Waals surface area (Å²) in [5.41, 5.74) is 11.7. The van der Waals surface area contributed by atoms with Crippen LogP contribution in [0.3, 0.4) is 0 Å². The van der Waals surface area contributed by atoms with Crippen LogP contribution >= 0.6 is 0 Å². The molecular weight excluding hydrogens is 641 g/mol. The first kappa shape index (κ1) is 29.7. The van der Waals surface area contributed by atoms with Gasteiger partial charge >= 0.3 is 0 Å². The first-order valence-corrected chi connectivity index (χ1v) is 18.3. The maximum Gasteiger partial charge on any atom is 0.135 e. The van der Waals surface area contributed by atoms with Gasteiger partial charge in [-0.15, -0.1) is 0 Å². The Labute approximate surface area is 307 Å². The number of rotatable bonds is 4. The van der Waals surface area contributed by atoms with Crippen molar-refractivity contribution in [3.8, 4) is 44.5 Å². The first-order chi connectivity index (χ1) is 26.3. The smallest absolute Gasteiger partial charge is 0.135 e. The Morgan fingerprint density at radius 1 is 0.245 bits per heavy atom. The second kappa shape index (κ2) is 11.8. The minimum Gasteiger partial charge on any atom is -0.456 e. The van der Waals surface area contributed by atoms with Crippen molar-refractivity contribution in [1.82, 2.24) is 0 Å². The average molecular weight is 673 g/mol. The summed E-state index contributed by atoms with van der Waals surface area (Å²) < 4.78 is 6.14. The summed E-state index contributed by atoms with van der Waals surface area (Å²) in [6, 6.07) is 70.7. The molecule has 0 aliphatic rings. The van der Waals surface area contributed by atoms with Crippen LogP contribution in [0, 0.1) is 0 Å². The van der Waals surface area contributed by atoms with E-state index < -0.39 is 0 Å². The van der Waals surface area contributed by atoms with Gasteiger partial charge < -0.3 is 4.42 Å². The van der Waals surface area contributed by atoms with Gasteiger partial charge in [0.2, 0.25) is 0 Å². The van der Waals surface area contributed by atoms with Gasteiger partial charge in [0.1, 0.15) is 11.2 Å². The van der Waals surface area contributed by atoms with Gasteiger partial charge in [-0.1, -0.05) is 170 Å². The van der Waals surface area contributed by atoms with Crippen molar-refractivity contribution >= 4 is 65.0 Å². The maximum absolute atomic E-state index is 6.14. The molecule has 246 valence electrons. The zero-order valence-corrected chi connectivity index (χ0v) is 28.9. The summed E-state index contributed by atoms with van der Waals surface area (Å²) in [5.74, 6) is 0. The van der Waals surface area contributed by atoms with Gasteiger partial charge in [0.25, 0.3) is 0 Å². The standard InChI is InChI=1S/C52H32O/c1-2-12-36-31-38(26-21-33(36)11-1)52-46-18-7-5-16-44(46)51(45-17-6-8-19-47(45)52)35-24-22-34(23-25-35)39-28-29-40(42-14-4-3-13-41(39)42)37-27-30-50-48(32-37)43-15-9-10-20-49(43)53-50/h1-32H. The molecule has 1 heteroatoms. The molecule has 0 fully saturated rings. The second-order valence-electron chi connectivity index (χ2n) is 14.0. The summed E-state index contributed by atoms with van der Waals surface area (Å²) in [6.07, 6.45) is 0. The predicted octanol–water partition coefficient (Wildman–Crippen LogP) is 14.9. The number of furan rings is 1. The van der Waals surface area contributed by atoms with E-state index in [0.29, 0.717) is 0 Å². The summed E-state index contributed by atoms with van der Waals surface area (Å²) >= 11 is 0. The van der Waals surface area contributed by atoms with Gasteiger partial charge in [0.05, 0.1) is 0 Å². The fourth-order valence-corrected chi connectivity index (χ4v) is 8.61. The lowest BCUT2D eigenvalue weighted by Gasteiger charge is -2.18. The molecule has 11 rings (SSSR count). The Morgan fingerprint density at radius 2 is 0.698 bits per heavy atom. The van der Waals surface area contributed by atoms with Crippen LogP contribution in [0.4, 0.5) is 0 Å². The van der Waals surface area contributed by atoms with Crippen molar-refractivity contribution in [3.05, 3.63) is 194 Å². The molecule has 0 bridgehead atoms. The Bertz CT molecular complexity index is 3160. The molecule has 0 saturated carbocycles. The molecule has 0 aliphatic heterocycles. The van der Waals surface area contributed by atoms with Crippen LogP contribution in [-0.4, -0.2) is 0 Å². The van der Waals surface area contributed by atoms with E-state index in [1.54, 1.807) is 0 Å². The Morgan fingerprint density at radius 3 is 1.36 bits per heavy atom. The van der Waals surface area contributed by atoms with Crippen molar-refractivity contribution in [3.63, 3.8) is 0 Å². The molecule has 1 heterocycles. The van der Waals surface area contributed by atoms with Crippen LogP contribution in [0.1, 0.15) is 0 Å². The van der Waals surface area contributed by atoms with Crippen molar-refractivity contribution in [2.45, 2.75) is 0 Å². The minimum atomic E-state index is 0.917. The third kappa shape index (κ3) is 4.71. The van der Waals surface area contributed by atoms with Crippen LogP contribution in [0.25, 0.3) is 110 Å². The number of fused-ring (bicyclic) bond motifs is 7. The summed E-state index contributed by atoms with van der Waals surface area (Å²) in [7, 11) is 0. The Hall–Kier alpha value is -6.96. The molecule has 0 unspecified atom stereocenters. The van der Waals surface area contributed by atoms with Gasteiger partial charge in [-0.25, -0.2) is 0 Å². The monoisotopic (exact) mass is 672 g/mol. The van der Waals surface area contributed by atoms with Gasteiger partial charge in [-0.2, -0.15) is 0 Å². The van der Waals surface area contributed by atoms with Crippen LogP contribution < -0.4 is 0 Å². The lowest BCUT2D eigenvalue weighted by atomic mass is 9.85. The largest absolute Gasteiger partial charge is 0.456 e. The fourth-order valence-electron chi connectivity index (χ4n) is 8.61. The molecule has 1 nitrogen and oxygen atoms in total. The van der Waals surface area contributed by atoms with Gasteiger partial charge in [0, 0.05) is 10.8 Å². The van der Waals surface area contributed by atoms with Crippen molar-refractivity contribution in [1.29, 1.82) is 0 Å². The van der Waals surface area contributed by atoms with Gasteiger partial charge in [-0.3, -0.25) is 0 Å². The highest BCUT2D eigenvalue weighted by Crippen LogP contribution is 2.45. The molecule has 0 atom stereocenters. The lowest BCUT2D eigenvalue weighted by molar-refractivity contribution is 0.669. The van der Waals surface area contributed by atoms with E-state index in [1.807, 2.05) is 12.1 Å². The quantitative estimate of drug-likeness (QED) is 0.170. The Kier molecular flexibility index (Phi) is 6.62. The Balaban J connectivity index is 1.04. The van der Waals surface area contributed by atoms with E-state index in [-0.39, 0.29) is 0 Å². The zero-order chi connectivity index (χ0) is 34.9. The molecular formula is C52H32O. The third-order valence-corrected chi connectivity index (χ3v) is 11.1. The predicted molar refractivity (Wildman–Crippen MR) is 225 cm³/mol. The van der Waals surface area contributed by atoms with Crippen LogP contribution in [-0.2, 0) is 0 Å². The van der Waals surface area contributed by atoms with E-state index in [1.165, 1.54) is 87.6 Å². The molecule has 0 saturated heterocycles. The normalized spacial score (nSPS) is 11.8. The van der Waals surface area contributed by atoms with E-state index in [4.69, 9.17) is 4.42 Å². The SMILES string of the molecule is c1ccc2cc(-c3c4ccccc4c(-c4ccc(-c5ccc(-c6ccc7oc8ccccc8c7c6)c6ccccc56)cc4)c4ccccc34)ccc2c1. The molecule has 0 aliphatic carbocycles. The summed E-state index contributed by atoms with van der Waals surface area (Å²) in [6.45, 7) is 0. The minimum absolute atomic E-state index is 0.917. The molecule has 1 aromatic heterocycles. The van der Waals surface area contributed by atoms with Gasteiger partial charge in [-0.05, 0) is 112 Å². The molecule has 11 aromatic rings. The topological polar surface area (TPSA) is 13.1 Å². The lowest BCUT2D eigenvalue weighted by Crippen LogP contribution is -1.91. The highest BCUT2D eigenvalue weighted by atomic mass is 16.3. The molecule has 0 radical (unpaired) electrons. The highest BCUT2D eigenvalue weighted by Gasteiger charge is 2.18. The second-order valence-corrected chi connectivity index (χ2v) is 14.0. The van der Waals surface area contributed by atoms with E-state index >= 15 is 0 Å². The fraction of sp³-hybridized carbons (Fsp3) is 0. The molecule has 0 spiro atoms. The summed E-state index contributed by atoms with van der Waals surface area (Å²) in [4.78, 5) is 0. The molecule has 0 amide bonds. The van der Waals surface area contributed by atoms with Crippen LogP contribution in [0.5, 0.6) is 0 Å².